The summed E-state index contributed by atoms with van der Waals surface area (Å²) < 4.78 is 0. The number of carbonyl (C=O) groups is 2. The van der Waals surface area contributed by atoms with Crippen molar-refractivity contribution in [2.45, 2.75) is 160 Å². The summed E-state index contributed by atoms with van der Waals surface area (Å²) in [5, 5.41) is 25.5. The molecule has 0 spiro atoms. The largest absolute Gasteiger partial charge is 2.00 e. The van der Waals surface area contributed by atoms with Crippen LogP contribution in [0.15, 0.2) is 0 Å². The molecule has 0 heterocycles. The molecule has 208 valence electrons. The summed E-state index contributed by atoms with van der Waals surface area (Å²) in [6.45, 7) is 1.94. The summed E-state index contributed by atoms with van der Waals surface area (Å²) in [5.74, 6) is -2.17. The minimum atomic E-state index is -1.08. The summed E-state index contributed by atoms with van der Waals surface area (Å²) in [6.07, 6.45) is 29.7. The Morgan fingerprint density at radius 1 is 0.571 bits per heavy atom. The molecule has 0 aromatic carbocycles. The first-order chi connectivity index (χ1) is 16.4. The third-order valence-electron chi connectivity index (χ3n) is 7.17. The molecule has 2 N–H and O–H groups in total. The van der Waals surface area contributed by atoms with Crippen LogP contribution in [0.1, 0.15) is 136 Å². The fourth-order valence-electron chi connectivity index (χ4n) is 5.57. The van der Waals surface area contributed by atoms with Crippen molar-refractivity contribution in [2.75, 3.05) is 0 Å². The number of aliphatic carboxylic acids is 2. The van der Waals surface area contributed by atoms with Crippen LogP contribution in [0.4, 0.5) is 0 Å². The van der Waals surface area contributed by atoms with E-state index >= 15 is 0 Å². The van der Waals surface area contributed by atoms with E-state index in [1.165, 1.54) is 122 Å². The predicted molar refractivity (Wildman–Crippen MR) is 135 cm³/mol. The molecular weight excluding hydrogens is 535 g/mol. The minimum absolute atomic E-state index is 0. The third-order valence-corrected chi connectivity index (χ3v) is 7.17. The van der Waals surface area contributed by atoms with E-state index in [2.05, 4.69) is 17.1 Å². The number of nitrogens with one attached hydrogen (secondary N) is 2. The van der Waals surface area contributed by atoms with Crippen molar-refractivity contribution in [3.8, 4) is 0 Å². The van der Waals surface area contributed by atoms with E-state index in [0.717, 1.165) is 38.0 Å². The van der Waals surface area contributed by atoms with E-state index in [0.29, 0.717) is 0 Å². The Balaban J connectivity index is 0.000000499. The second-order valence-electron chi connectivity index (χ2n) is 10.5. The molecule has 6 nitrogen and oxygen atoms in total. The first-order valence-electron chi connectivity index (χ1n) is 14.1. The fraction of sp³-hybridized carbons (Fsp3) is 0.893. The number of rotatable bonds is 4. The average Bonchev–Trinajstić information content (AvgIpc) is 2.82. The monoisotopic (exact) mass is 585 g/mol. The normalized spacial score (nSPS) is 23.5. The van der Waals surface area contributed by atoms with Crippen molar-refractivity contribution < 1.29 is 40.2 Å². The maximum absolute atomic E-state index is 8.89. The number of carboxylic acid groups (broad SMARTS) is 2. The van der Waals surface area contributed by atoms with Gasteiger partial charge in [0, 0.05) is 30.1 Å². The van der Waals surface area contributed by atoms with E-state index < -0.39 is 11.9 Å². The predicted octanol–water partition coefficient (Wildman–Crippen LogP) is 3.81. The molecule has 0 amide bonds. The Bertz CT molecular complexity index is 425. The molecule has 0 radical (unpaired) electrons. The maximum Gasteiger partial charge on any atom is 2.00 e. The topological polar surface area (TPSA) is 104 Å². The third kappa shape index (κ3) is 21.3. The number of carboxylic acids is 2. The number of hydrogen-bond acceptors (Lipinski definition) is 6. The van der Waals surface area contributed by atoms with Crippen LogP contribution in [-0.4, -0.2) is 36.1 Å². The minimum Gasteiger partial charge on any atom is -0.550 e. The SMILES string of the molecule is C1CCC(NC2CCCCC2)CC1.CC(=O)[O-].CC(=O)[O-].[CH-]1CCCC(NC2CCCCC2)C1.[Pd+2]. The Hall–Kier alpha value is -0.478. The maximum atomic E-state index is 8.89. The molecule has 0 saturated heterocycles. The van der Waals surface area contributed by atoms with Crippen LogP contribution >= 0.6 is 0 Å². The van der Waals surface area contributed by atoms with Crippen molar-refractivity contribution >= 4 is 11.9 Å². The first kappa shape index (κ1) is 34.5. The van der Waals surface area contributed by atoms with Gasteiger partial charge in [0.05, 0.1) is 0 Å². The first-order valence-corrected chi connectivity index (χ1v) is 14.1. The van der Waals surface area contributed by atoms with Crippen LogP contribution in [0, 0.1) is 6.42 Å². The van der Waals surface area contributed by atoms with Gasteiger partial charge in [-0.3, -0.25) is 0 Å². The molecule has 1 atom stereocenters. The zero-order chi connectivity index (χ0) is 25.0. The second-order valence-corrected chi connectivity index (χ2v) is 10.5. The molecule has 4 fully saturated rings. The molecule has 0 aromatic rings. The van der Waals surface area contributed by atoms with E-state index in [-0.39, 0.29) is 20.4 Å². The van der Waals surface area contributed by atoms with Gasteiger partial charge in [-0.1, -0.05) is 64.2 Å². The van der Waals surface area contributed by atoms with Gasteiger partial charge in [0.25, 0.3) is 0 Å². The van der Waals surface area contributed by atoms with Crippen molar-refractivity contribution in [2.24, 2.45) is 0 Å². The van der Waals surface area contributed by atoms with Gasteiger partial charge in [-0.15, -0.1) is 0 Å². The molecule has 4 saturated carbocycles. The standard InChI is InChI=1S/C12H23N.C12H22N.2C2H4O2.Pd/c2*1-3-7-11(8-4-1)13-12-9-5-2-6-10-12;2*1-2(3)4;/h11-13H,1-10H2;3,11-13H,1-2,4-10H2;2*1H3,(H,3,4);/q;-1;;;+2/p-2. The Labute approximate surface area is 228 Å². The fourth-order valence-corrected chi connectivity index (χ4v) is 5.57. The van der Waals surface area contributed by atoms with Gasteiger partial charge >= 0.3 is 20.4 Å². The summed E-state index contributed by atoms with van der Waals surface area (Å²) in [7, 11) is 0. The van der Waals surface area contributed by atoms with Crippen LogP contribution in [0.5, 0.6) is 0 Å². The molecule has 4 aliphatic rings. The molecule has 0 aromatic heterocycles. The van der Waals surface area contributed by atoms with E-state index in [9.17, 15) is 0 Å². The Kier molecular flexibility index (Phi) is 22.4. The van der Waals surface area contributed by atoms with Gasteiger partial charge in [-0.25, -0.2) is 0 Å². The van der Waals surface area contributed by atoms with Crippen molar-refractivity contribution in [3.63, 3.8) is 0 Å². The average molecular weight is 586 g/mol. The van der Waals surface area contributed by atoms with Gasteiger partial charge in [0.2, 0.25) is 0 Å². The molecule has 4 rings (SSSR count). The summed E-state index contributed by atoms with van der Waals surface area (Å²) in [6, 6.07) is 3.41. The summed E-state index contributed by atoms with van der Waals surface area (Å²) in [4.78, 5) is 17.8. The van der Waals surface area contributed by atoms with Crippen LogP contribution in [0.3, 0.4) is 0 Å². The second kappa shape index (κ2) is 22.7. The van der Waals surface area contributed by atoms with Crippen molar-refractivity contribution in [3.05, 3.63) is 6.42 Å². The zero-order valence-electron chi connectivity index (χ0n) is 22.3. The molecule has 35 heavy (non-hydrogen) atoms. The van der Waals surface area contributed by atoms with Crippen LogP contribution < -0.4 is 20.8 Å². The Morgan fingerprint density at radius 2 is 0.857 bits per heavy atom. The molecule has 0 bridgehead atoms. The van der Waals surface area contributed by atoms with Gasteiger partial charge in [0.1, 0.15) is 0 Å². The number of carbonyl (C=O) groups excluding carboxylic acids is 2. The summed E-state index contributed by atoms with van der Waals surface area (Å²) >= 11 is 0. The van der Waals surface area contributed by atoms with E-state index in [4.69, 9.17) is 19.8 Å². The zero-order valence-corrected chi connectivity index (χ0v) is 23.8. The molecular formula is C28H51N2O4Pd-. The number of hydrogen-bond donors (Lipinski definition) is 2. The van der Waals surface area contributed by atoms with Crippen LogP contribution in [-0.2, 0) is 30.0 Å². The molecule has 4 aliphatic carbocycles. The van der Waals surface area contributed by atoms with Crippen molar-refractivity contribution in [1.29, 1.82) is 0 Å². The van der Waals surface area contributed by atoms with E-state index in [1.54, 1.807) is 0 Å². The smallest absolute Gasteiger partial charge is 0.550 e. The molecule has 7 heteroatoms. The van der Waals surface area contributed by atoms with E-state index in [1.807, 2.05) is 0 Å². The molecule has 1 unspecified atom stereocenters. The van der Waals surface area contributed by atoms with Crippen LogP contribution in [0.2, 0.25) is 0 Å². The quantitative estimate of drug-likeness (QED) is 0.384. The molecule has 0 aliphatic heterocycles. The van der Waals surface area contributed by atoms with Gasteiger partial charge < -0.3 is 36.9 Å². The van der Waals surface area contributed by atoms with Gasteiger partial charge in [-0.05, 0) is 64.8 Å². The van der Waals surface area contributed by atoms with Crippen molar-refractivity contribution in [1.82, 2.24) is 10.6 Å². The van der Waals surface area contributed by atoms with Crippen LogP contribution in [0.25, 0.3) is 0 Å². The Morgan fingerprint density at radius 3 is 1.14 bits per heavy atom. The summed E-state index contributed by atoms with van der Waals surface area (Å²) in [5.41, 5.74) is 0. The van der Waals surface area contributed by atoms with Gasteiger partial charge in [-0.2, -0.15) is 12.8 Å². The van der Waals surface area contributed by atoms with Gasteiger partial charge in [0.15, 0.2) is 0 Å².